The lowest BCUT2D eigenvalue weighted by molar-refractivity contribution is -0.149. The van der Waals surface area contributed by atoms with Crippen molar-refractivity contribution in [1.29, 1.82) is 5.26 Å². The summed E-state index contributed by atoms with van der Waals surface area (Å²) >= 11 is 1.64. The fourth-order valence-corrected chi connectivity index (χ4v) is 2.91. The fraction of sp³-hybridized carbons (Fsp3) is 0.227. The van der Waals surface area contributed by atoms with E-state index in [9.17, 15) is 9.59 Å². The van der Waals surface area contributed by atoms with Crippen LogP contribution in [0.5, 0.6) is 0 Å². The van der Waals surface area contributed by atoms with Crippen molar-refractivity contribution in [3.63, 3.8) is 0 Å². The van der Waals surface area contributed by atoms with E-state index in [4.69, 9.17) is 10.00 Å². The smallest absolute Gasteiger partial charge is 0.331 e. The number of rotatable bonds is 8. The predicted octanol–water partition coefficient (Wildman–Crippen LogP) is 4.30. The van der Waals surface area contributed by atoms with E-state index >= 15 is 0 Å². The Bertz CT molecular complexity index is 858. The number of nitriles is 1. The van der Waals surface area contributed by atoms with Gasteiger partial charge in [-0.2, -0.15) is 5.26 Å². The second-order valence-electron chi connectivity index (χ2n) is 5.92. The molecule has 0 saturated carbocycles. The molecule has 0 fully saturated rings. The summed E-state index contributed by atoms with van der Waals surface area (Å²) in [5, 5.41) is 8.86. The summed E-state index contributed by atoms with van der Waals surface area (Å²) < 4.78 is 5.26. The molecule has 2 rings (SSSR count). The highest BCUT2D eigenvalue weighted by Gasteiger charge is 2.24. The van der Waals surface area contributed by atoms with Crippen LogP contribution in [-0.4, -0.2) is 30.8 Å². The molecule has 6 heteroatoms. The molecule has 0 aromatic heterocycles. The van der Waals surface area contributed by atoms with E-state index in [0.717, 1.165) is 10.5 Å². The van der Waals surface area contributed by atoms with Crippen molar-refractivity contribution in [3.05, 3.63) is 66.2 Å². The number of esters is 1. The third-order valence-corrected chi connectivity index (χ3v) is 4.69. The molecule has 1 amide bonds. The van der Waals surface area contributed by atoms with E-state index in [-0.39, 0.29) is 18.9 Å². The zero-order valence-corrected chi connectivity index (χ0v) is 16.7. The first-order valence-corrected chi connectivity index (χ1v) is 10.0. The average molecular weight is 394 g/mol. The molecule has 28 heavy (non-hydrogen) atoms. The number of hydrogen-bond acceptors (Lipinski definition) is 5. The third kappa shape index (κ3) is 6.29. The molecule has 0 N–H and O–H groups in total. The lowest BCUT2D eigenvalue weighted by atomic mass is 10.2. The number of carbonyl (C=O) groups excluding carboxylic acids is 2. The number of amides is 1. The maximum absolute atomic E-state index is 12.7. The van der Waals surface area contributed by atoms with E-state index in [1.807, 2.05) is 54.8 Å². The number of hydrogen-bond donors (Lipinski definition) is 0. The first-order valence-electron chi connectivity index (χ1n) is 8.81. The van der Waals surface area contributed by atoms with Gasteiger partial charge in [-0.15, -0.1) is 11.8 Å². The SMILES string of the molecule is CSc1ccc(/C=C/C(=O)O[C@@H](C)C(=O)N(CCC#N)c2ccccc2)cc1. The molecule has 0 aliphatic carbocycles. The Morgan fingerprint density at radius 1 is 1.18 bits per heavy atom. The van der Waals surface area contributed by atoms with Gasteiger partial charge in [0, 0.05) is 23.2 Å². The second-order valence-corrected chi connectivity index (χ2v) is 6.80. The van der Waals surface area contributed by atoms with Crippen molar-refractivity contribution >= 4 is 35.4 Å². The molecule has 0 radical (unpaired) electrons. The first-order chi connectivity index (χ1) is 13.5. The zero-order valence-electron chi connectivity index (χ0n) is 15.9. The lowest BCUT2D eigenvalue weighted by Gasteiger charge is -2.24. The average Bonchev–Trinajstić information content (AvgIpc) is 2.73. The number of benzene rings is 2. The monoisotopic (exact) mass is 394 g/mol. The number of nitrogens with zero attached hydrogens (tertiary/aromatic N) is 2. The summed E-state index contributed by atoms with van der Waals surface area (Å²) in [5.41, 5.74) is 1.53. The quantitative estimate of drug-likeness (QED) is 0.379. The third-order valence-electron chi connectivity index (χ3n) is 3.95. The van der Waals surface area contributed by atoms with E-state index in [1.165, 1.54) is 17.9 Å². The summed E-state index contributed by atoms with van der Waals surface area (Å²) in [6, 6.07) is 18.8. The van der Waals surface area contributed by atoms with E-state index in [2.05, 4.69) is 0 Å². The fourth-order valence-electron chi connectivity index (χ4n) is 2.50. The number of ether oxygens (including phenoxy) is 1. The zero-order chi connectivity index (χ0) is 20.4. The van der Waals surface area contributed by atoms with Gasteiger partial charge in [-0.25, -0.2) is 4.79 Å². The minimum Gasteiger partial charge on any atom is -0.449 e. The number of anilines is 1. The van der Waals surface area contributed by atoms with Crippen LogP contribution in [0.25, 0.3) is 6.08 Å². The van der Waals surface area contributed by atoms with E-state index in [0.29, 0.717) is 5.69 Å². The largest absolute Gasteiger partial charge is 0.449 e. The molecule has 0 spiro atoms. The van der Waals surface area contributed by atoms with Crippen LogP contribution >= 0.6 is 11.8 Å². The van der Waals surface area contributed by atoms with Gasteiger partial charge in [0.2, 0.25) is 0 Å². The van der Waals surface area contributed by atoms with Gasteiger partial charge in [0.1, 0.15) is 0 Å². The molecule has 1 atom stereocenters. The molecular formula is C22H22N2O3S. The molecule has 5 nitrogen and oxygen atoms in total. The summed E-state index contributed by atoms with van der Waals surface area (Å²) in [6.07, 6.45) is 4.17. The van der Waals surface area contributed by atoms with E-state index < -0.39 is 12.1 Å². The van der Waals surface area contributed by atoms with Gasteiger partial charge in [0.05, 0.1) is 12.5 Å². The van der Waals surface area contributed by atoms with Crippen LogP contribution in [0.2, 0.25) is 0 Å². The summed E-state index contributed by atoms with van der Waals surface area (Å²) in [5.74, 6) is -0.962. The minimum atomic E-state index is -0.963. The Labute approximate surface area is 169 Å². The Morgan fingerprint density at radius 2 is 1.86 bits per heavy atom. The van der Waals surface area contributed by atoms with Crippen molar-refractivity contribution in [3.8, 4) is 6.07 Å². The number of carbonyl (C=O) groups is 2. The lowest BCUT2D eigenvalue weighted by Crippen LogP contribution is -2.40. The van der Waals surface area contributed by atoms with Crippen LogP contribution in [-0.2, 0) is 14.3 Å². The summed E-state index contributed by atoms with van der Waals surface area (Å²) in [7, 11) is 0. The van der Waals surface area contributed by atoms with E-state index in [1.54, 1.807) is 30.0 Å². The highest BCUT2D eigenvalue weighted by atomic mass is 32.2. The minimum absolute atomic E-state index is 0.188. The Kier molecular flexibility index (Phi) is 8.32. The normalized spacial score (nSPS) is 11.6. The Morgan fingerprint density at radius 3 is 2.46 bits per heavy atom. The molecule has 0 heterocycles. The molecule has 0 aliphatic heterocycles. The molecule has 2 aromatic carbocycles. The van der Waals surface area contributed by atoms with Crippen molar-refractivity contribution < 1.29 is 14.3 Å². The number of thioether (sulfide) groups is 1. The van der Waals surface area contributed by atoms with Gasteiger partial charge in [-0.05, 0) is 49.1 Å². The maximum atomic E-state index is 12.7. The van der Waals surface area contributed by atoms with Crippen molar-refractivity contribution in [2.24, 2.45) is 0 Å². The Hall–Kier alpha value is -3.04. The molecule has 0 bridgehead atoms. The van der Waals surface area contributed by atoms with Gasteiger partial charge in [0.25, 0.3) is 5.91 Å². The van der Waals surface area contributed by atoms with Gasteiger partial charge in [-0.1, -0.05) is 30.3 Å². The van der Waals surface area contributed by atoms with Crippen LogP contribution in [0.1, 0.15) is 18.9 Å². The highest BCUT2D eigenvalue weighted by molar-refractivity contribution is 7.98. The molecule has 2 aromatic rings. The van der Waals surface area contributed by atoms with Gasteiger partial charge in [-0.3, -0.25) is 4.79 Å². The second kappa shape index (κ2) is 11.0. The Balaban J connectivity index is 2.01. The van der Waals surface area contributed by atoms with Crippen LogP contribution in [0.15, 0.2) is 65.6 Å². The molecule has 0 aliphatic rings. The predicted molar refractivity (Wildman–Crippen MR) is 112 cm³/mol. The summed E-state index contributed by atoms with van der Waals surface area (Å²) in [6.45, 7) is 1.77. The number of para-hydroxylation sites is 1. The first kappa shape index (κ1) is 21.3. The molecular weight excluding hydrogens is 372 g/mol. The van der Waals surface area contributed by atoms with Crippen LogP contribution < -0.4 is 4.90 Å². The summed E-state index contributed by atoms with van der Waals surface area (Å²) in [4.78, 5) is 27.4. The van der Waals surface area contributed by atoms with Gasteiger partial charge >= 0.3 is 5.97 Å². The molecule has 0 saturated heterocycles. The van der Waals surface area contributed by atoms with Crippen LogP contribution in [0, 0.1) is 11.3 Å². The van der Waals surface area contributed by atoms with Crippen molar-refractivity contribution in [2.75, 3.05) is 17.7 Å². The molecule has 0 unspecified atom stereocenters. The molecule has 144 valence electrons. The van der Waals surface area contributed by atoms with Gasteiger partial charge < -0.3 is 9.64 Å². The highest BCUT2D eigenvalue weighted by Crippen LogP contribution is 2.17. The topological polar surface area (TPSA) is 70.4 Å². The maximum Gasteiger partial charge on any atom is 0.331 e. The standard InChI is InChI=1S/C22H22N2O3S/c1-17(22(26)24(16-6-15-23)19-7-4-3-5-8-19)27-21(25)14-11-18-9-12-20(28-2)13-10-18/h3-5,7-14,17H,6,16H2,1-2H3/b14-11+/t17-/m0/s1. The van der Waals surface area contributed by atoms with Crippen molar-refractivity contribution in [2.45, 2.75) is 24.3 Å². The van der Waals surface area contributed by atoms with Crippen LogP contribution in [0.4, 0.5) is 5.69 Å². The van der Waals surface area contributed by atoms with Gasteiger partial charge in [0.15, 0.2) is 6.10 Å². The van der Waals surface area contributed by atoms with Crippen LogP contribution in [0.3, 0.4) is 0 Å². The van der Waals surface area contributed by atoms with Crippen molar-refractivity contribution in [1.82, 2.24) is 0 Å².